The fraction of sp³-hybridized carbons (Fsp3) is 0.389. The number of primary amides is 1. The van der Waals surface area contributed by atoms with Crippen LogP contribution in [0.25, 0.3) is 6.08 Å². The molecule has 1 fully saturated rings. The van der Waals surface area contributed by atoms with Crippen LogP contribution in [-0.2, 0) is 9.59 Å². The zero-order valence-electron chi connectivity index (χ0n) is 13.8. The molecule has 1 aromatic rings. The average molecular weight is 362 g/mol. The van der Waals surface area contributed by atoms with Gasteiger partial charge in [-0.1, -0.05) is 36.9 Å². The van der Waals surface area contributed by atoms with Crippen LogP contribution < -0.4 is 15.8 Å². The van der Waals surface area contributed by atoms with Gasteiger partial charge in [0.1, 0.15) is 17.4 Å². The maximum atomic E-state index is 12.3. The number of nitriles is 1. The second-order valence-electron chi connectivity index (χ2n) is 5.92. The first-order valence-electron chi connectivity index (χ1n) is 8.13. The molecule has 3 N–H and O–H groups in total. The highest BCUT2D eigenvalue weighted by Gasteiger charge is 2.18. The Morgan fingerprint density at radius 1 is 1.36 bits per heavy atom. The summed E-state index contributed by atoms with van der Waals surface area (Å²) in [4.78, 5) is 23.0. The zero-order chi connectivity index (χ0) is 18.2. The molecule has 7 heteroatoms. The molecule has 0 heterocycles. The van der Waals surface area contributed by atoms with Gasteiger partial charge < -0.3 is 15.8 Å². The summed E-state index contributed by atoms with van der Waals surface area (Å²) < 4.78 is 5.16. The summed E-state index contributed by atoms with van der Waals surface area (Å²) in [6.45, 7) is -0.276. The number of hydrogen-bond donors (Lipinski definition) is 2. The average Bonchev–Trinajstić information content (AvgIpc) is 2.59. The van der Waals surface area contributed by atoms with E-state index in [-0.39, 0.29) is 29.2 Å². The van der Waals surface area contributed by atoms with E-state index in [0.717, 1.165) is 25.7 Å². The van der Waals surface area contributed by atoms with Gasteiger partial charge in [-0.3, -0.25) is 9.59 Å². The molecule has 0 saturated heterocycles. The van der Waals surface area contributed by atoms with Crippen molar-refractivity contribution in [1.29, 1.82) is 5.26 Å². The predicted molar refractivity (Wildman–Crippen MR) is 94.7 cm³/mol. The third-order valence-electron chi connectivity index (χ3n) is 3.94. The Morgan fingerprint density at radius 2 is 2.08 bits per heavy atom. The lowest BCUT2D eigenvalue weighted by Gasteiger charge is -2.22. The minimum atomic E-state index is -0.605. The second kappa shape index (κ2) is 9.09. The Morgan fingerprint density at radius 3 is 2.68 bits per heavy atom. The molecular weight excluding hydrogens is 342 g/mol. The van der Waals surface area contributed by atoms with Gasteiger partial charge >= 0.3 is 0 Å². The molecule has 2 rings (SSSR count). The van der Waals surface area contributed by atoms with Gasteiger partial charge in [0.05, 0.1) is 5.02 Å². The topological polar surface area (TPSA) is 105 Å². The van der Waals surface area contributed by atoms with Crippen LogP contribution in [-0.4, -0.2) is 24.5 Å². The van der Waals surface area contributed by atoms with Crippen LogP contribution in [0.2, 0.25) is 5.02 Å². The van der Waals surface area contributed by atoms with Crippen LogP contribution in [0.3, 0.4) is 0 Å². The molecular formula is C18H20ClN3O3. The molecule has 132 valence electrons. The van der Waals surface area contributed by atoms with E-state index in [9.17, 15) is 14.9 Å². The van der Waals surface area contributed by atoms with Gasteiger partial charge in [-0.15, -0.1) is 0 Å². The lowest BCUT2D eigenvalue weighted by molar-refractivity contribution is -0.120. The Bertz CT molecular complexity index is 719. The Balaban J connectivity index is 2.07. The molecule has 1 saturated carbocycles. The standard InChI is InChI=1S/C18H20ClN3O3/c19-15-9-12(6-7-16(15)25-11-17(21)23)8-13(10-20)18(24)22-14-4-2-1-3-5-14/h6-9,14H,1-5,11H2,(H2,21,23)(H,22,24). The van der Waals surface area contributed by atoms with Crippen LogP contribution >= 0.6 is 11.6 Å². The molecule has 0 atom stereocenters. The molecule has 0 unspecified atom stereocenters. The number of nitrogens with one attached hydrogen (secondary N) is 1. The Hall–Kier alpha value is -2.52. The van der Waals surface area contributed by atoms with Crippen LogP contribution in [0.4, 0.5) is 0 Å². The maximum absolute atomic E-state index is 12.3. The number of ether oxygens (including phenoxy) is 1. The summed E-state index contributed by atoms with van der Waals surface area (Å²) in [5.74, 6) is -0.673. The number of carbonyl (C=O) groups is 2. The van der Waals surface area contributed by atoms with Gasteiger partial charge in [-0.2, -0.15) is 5.26 Å². The summed E-state index contributed by atoms with van der Waals surface area (Å²) >= 11 is 6.08. The van der Waals surface area contributed by atoms with Crippen LogP contribution in [0.1, 0.15) is 37.7 Å². The number of benzene rings is 1. The van der Waals surface area contributed by atoms with Gasteiger partial charge in [-0.05, 0) is 36.6 Å². The first kappa shape index (κ1) is 18.8. The van der Waals surface area contributed by atoms with Crippen molar-refractivity contribution in [3.63, 3.8) is 0 Å². The van der Waals surface area contributed by atoms with Gasteiger partial charge in [-0.25, -0.2) is 0 Å². The largest absolute Gasteiger partial charge is 0.482 e. The molecule has 1 aliphatic carbocycles. The van der Waals surface area contributed by atoms with Crippen molar-refractivity contribution in [3.05, 3.63) is 34.4 Å². The maximum Gasteiger partial charge on any atom is 0.262 e. The van der Waals surface area contributed by atoms with E-state index in [1.54, 1.807) is 18.2 Å². The molecule has 25 heavy (non-hydrogen) atoms. The predicted octanol–water partition coefficient (Wildman–Crippen LogP) is 2.56. The molecule has 2 amide bonds. The van der Waals surface area contributed by atoms with Crippen LogP contribution in [0.15, 0.2) is 23.8 Å². The first-order valence-corrected chi connectivity index (χ1v) is 8.50. The van der Waals surface area contributed by atoms with E-state index in [1.165, 1.54) is 12.5 Å². The number of rotatable bonds is 6. The van der Waals surface area contributed by atoms with Crippen molar-refractivity contribution in [1.82, 2.24) is 5.32 Å². The highest BCUT2D eigenvalue weighted by atomic mass is 35.5. The number of carbonyl (C=O) groups excluding carboxylic acids is 2. The van der Waals surface area contributed by atoms with Gasteiger partial charge in [0.2, 0.25) is 0 Å². The van der Waals surface area contributed by atoms with Crippen LogP contribution in [0.5, 0.6) is 5.75 Å². The fourth-order valence-electron chi connectivity index (χ4n) is 2.70. The van der Waals surface area contributed by atoms with Gasteiger partial charge in [0.15, 0.2) is 6.61 Å². The van der Waals surface area contributed by atoms with Crippen molar-refractivity contribution < 1.29 is 14.3 Å². The van der Waals surface area contributed by atoms with E-state index >= 15 is 0 Å². The van der Waals surface area contributed by atoms with Crippen molar-refractivity contribution in [2.45, 2.75) is 38.1 Å². The molecule has 0 aliphatic heterocycles. The summed E-state index contributed by atoms with van der Waals surface area (Å²) in [5, 5.41) is 12.4. The van der Waals surface area contributed by atoms with E-state index in [2.05, 4.69) is 5.32 Å². The highest BCUT2D eigenvalue weighted by molar-refractivity contribution is 6.32. The van der Waals surface area contributed by atoms with Gasteiger partial charge in [0, 0.05) is 6.04 Å². The molecule has 0 radical (unpaired) electrons. The Kier molecular flexibility index (Phi) is 6.84. The monoisotopic (exact) mass is 361 g/mol. The summed E-state index contributed by atoms with van der Waals surface area (Å²) in [6, 6.07) is 6.82. The quantitative estimate of drug-likeness (QED) is 0.600. The smallest absolute Gasteiger partial charge is 0.262 e. The summed E-state index contributed by atoms with van der Waals surface area (Å²) in [6.07, 6.45) is 6.75. The van der Waals surface area contributed by atoms with E-state index in [1.807, 2.05) is 6.07 Å². The molecule has 0 aromatic heterocycles. The number of halogens is 1. The third-order valence-corrected chi connectivity index (χ3v) is 4.24. The summed E-state index contributed by atoms with van der Waals surface area (Å²) in [5.41, 5.74) is 5.63. The normalized spacial score (nSPS) is 15.3. The highest BCUT2D eigenvalue weighted by Crippen LogP contribution is 2.26. The van der Waals surface area contributed by atoms with Crippen molar-refractivity contribution >= 4 is 29.5 Å². The third kappa shape index (κ3) is 5.80. The minimum Gasteiger partial charge on any atom is -0.482 e. The molecule has 0 spiro atoms. The molecule has 6 nitrogen and oxygen atoms in total. The number of hydrogen-bond acceptors (Lipinski definition) is 4. The summed E-state index contributed by atoms with van der Waals surface area (Å²) in [7, 11) is 0. The van der Waals surface area contributed by atoms with Crippen molar-refractivity contribution in [2.75, 3.05) is 6.61 Å². The van der Waals surface area contributed by atoms with Gasteiger partial charge in [0.25, 0.3) is 11.8 Å². The minimum absolute atomic E-state index is 0.0208. The first-order chi connectivity index (χ1) is 12.0. The van der Waals surface area contributed by atoms with Crippen molar-refractivity contribution in [3.8, 4) is 11.8 Å². The Labute approximate surface area is 151 Å². The van der Waals surface area contributed by atoms with E-state index < -0.39 is 5.91 Å². The molecule has 0 bridgehead atoms. The molecule has 1 aromatic carbocycles. The number of amides is 2. The van der Waals surface area contributed by atoms with Crippen molar-refractivity contribution in [2.24, 2.45) is 5.73 Å². The SMILES string of the molecule is N#CC(=Cc1ccc(OCC(N)=O)c(Cl)c1)C(=O)NC1CCCCC1. The lowest BCUT2D eigenvalue weighted by atomic mass is 9.95. The lowest BCUT2D eigenvalue weighted by Crippen LogP contribution is -2.36. The van der Waals surface area contributed by atoms with E-state index in [4.69, 9.17) is 22.1 Å². The second-order valence-corrected chi connectivity index (χ2v) is 6.33. The van der Waals surface area contributed by atoms with E-state index in [0.29, 0.717) is 11.3 Å². The number of nitrogens with two attached hydrogens (primary N) is 1. The number of nitrogens with zero attached hydrogens (tertiary/aromatic N) is 1. The molecule has 1 aliphatic rings. The fourth-order valence-corrected chi connectivity index (χ4v) is 2.94. The zero-order valence-corrected chi connectivity index (χ0v) is 14.5. The van der Waals surface area contributed by atoms with Crippen LogP contribution in [0, 0.1) is 11.3 Å².